The van der Waals surface area contributed by atoms with Crippen LogP contribution in [0.25, 0.3) is 0 Å². The number of carbonyl (C=O) groups is 1. The zero-order valence-corrected chi connectivity index (χ0v) is 11.6. The first-order valence-electron chi connectivity index (χ1n) is 6.22. The molecule has 0 radical (unpaired) electrons. The SMILES string of the molecule is CN1CCC(CNc2c(Cl)cc(N)cc2C(=O)O)C1. The molecule has 0 saturated carbocycles. The summed E-state index contributed by atoms with van der Waals surface area (Å²) in [6.07, 6.45) is 1.11. The highest BCUT2D eigenvalue weighted by Crippen LogP contribution is 2.30. The van der Waals surface area contributed by atoms with Crippen molar-refractivity contribution in [2.24, 2.45) is 5.92 Å². The summed E-state index contributed by atoms with van der Waals surface area (Å²) in [6, 6.07) is 2.99. The molecule has 2 rings (SSSR count). The molecule has 1 aromatic rings. The largest absolute Gasteiger partial charge is 0.478 e. The number of nitrogens with zero attached hydrogens (tertiary/aromatic N) is 1. The maximum absolute atomic E-state index is 11.2. The Balaban J connectivity index is 2.13. The number of carboxylic acid groups (broad SMARTS) is 1. The van der Waals surface area contributed by atoms with Crippen LogP contribution in [0.2, 0.25) is 5.02 Å². The van der Waals surface area contributed by atoms with Crippen molar-refractivity contribution in [1.29, 1.82) is 0 Å². The Kier molecular flexibility index (Phi) is 4.17. The summed E-state index contributed by atoms with van der Waals surface area (Å²) in [5.41, 5.74) is 6.55. The molecule has 19 heavy (non-hydrogen) atoms. The molecular weight excluding hydrogens is 266 g/mol. The maximum atomic E-state index is 11.2. The van der Waals surface area contributed by atoms with E-state index in [4.69, 9.17) is 17.3 Å². The minimum atomic E-state index is -1.03. The molecule has 104 valence electrons. The minimum Gasteiger partial charge on any atom is -0.478 e. The van der Waals surface area contributed by atoms with Gasteiger partial charge >= 0.3 is 5.97 Å². The number of carboxylic acids is 1. The number of aromatic carboxylic acids is 1. The standard InChI is InChI=1S/C13H18ClN3O2/c1-17-3-2-8(7-17)6-16-12-10(13(18)19)4-9(15)5-11(12)14/h4-5,8,16H,2-3,6-7,15H2,1H3,(H,18,19). The molecule has 1 fully saturated rings. The Morgan fingerprint density at radius 1 is 1.63 bits per heavy atom. The van der Waals surface area contributed by atoms with Gasteiger partial charge in [-0.1, -0.05) is 11.6 Å². The molecule has 0 amide bonds. The summed E-state index contributed by atoms with van der Waals surface area (Å²) in [6.45, 7) is 2.81. The zero-order valence-electron chi connectivity index (χ0n) is 10.8. The number of anilines is 2. The Morgan fingerprint density at radius 2 is 2.37 bits per heavy atom. The van der Waals surface area contributed by atoms with Gasteiger partial charge in [-0.15, -0.1) is 0 Å². The summed E-state index contributed by atoms with van der Waals surface area (Å²) in [4.78, 5) is 13.5. The van der Waals surface area contributed by atoms with E-state index in [1.807, 2.05) is 0 Å². The van der Waals surface area contributed by atoms with Gasteiger partial charge in [-0.3, -0.25) is 0 Å². The lowest BCUT2D eigenvalue weighted by Crippen LogP contribution is -2.20. The fourth-order valence-electron chi connectivity index (χ4n) is 2.42. The molecule has 1 heterocycles. The van der Waals surface area contributed by atoms with Gasteiger partial charge in [0, 0.05) is 18.8 Å². The van der Waals surface area contributed by atoms with E-state index >= 15 is 0 Å². The van der Waals surface area contributed by atoms with Gasteiger partial charge in [0.15, 0.2) is 0 Å². The molecule has 0 bridgehead atoms. The van der Waals surface area contributed by atoms with Crippen LogP contribution in [0.5, 0.6) is 0 Å². The Morgan fingerprint density at radius 3 is 2.95 bits per heavy atom. The lowest BCUT2D eigenvalue weighted by atomic mass is 10.1. The van der Waals surface area contributed by atoms with Crippen molar-refractivity contribution in [2.45, 2.75) is 6.42 Å². The second-order valence-electron chi connectivity index (χ2n) is 5.03. The van der Waals surface area contributed by atoms with Crippen LogP contribution in [-0.4, -0.2) is 42.7 Å². The molecule has 0 aromatic heterocycles. The average Bonchev–Trinajstić information content (AvgIpc) is 2.73. The zero-order chi connectivity index (χ0) is 14.0. The summed E-state index contributed by atoms with van der Waals surface area (Å²) >= 11 is 6.08. The molecule has 6 heteroatoms. The maximum Gasteiger partial charge on any atom is 0.337 e. The van der Waals surface area contributed by atoms with Gasteiger partial charge in [0.05, 0.1) is 16.3 Å². The fourth-order valence-corrected chi connectivity index (χ4v) is 2.71. The molecule has 1 aromatic carbocycles. The fraction of sp³-hybridized carbons (Fsp3) is 0.462. The second-order valence-corrected chi connectivity index (χ2v) is 5.44. The number of rotatable bonds is 4. The van der Waals surface area contributed by atoms with E-state index in [1.54, 1.807) is 6.07 Å². The Labute approximate surface area is 117 Å². The minimum absolute atomic E-state index is 0.122. The number of nitrogen functional groups attached to an aromatic ring is 1. The molecule has 0 spiro atoms. The first-order chi connectivity index (χ1) is 8.97. The number of benzene rings is 1. The number of nitrogens with one attached hydrogen (secondary N) is 1. The first-order valence-corrected chi connectivity index (χ1v) is 6.60. The highest BCUT2D eigenvalue weighted by Gasteiger charge is 2.21. The summed E-state index contributed by atoms with van der Waals surface area (Å²) in [7, 11) is 2.08. The predicted molar refractivity (Wildman–Crippen MR) is 76.9 cm³/mol. The van der Waals surface area contributed by atoms with Crippen molar-refractivity contribution in [3.05, 3.63) is 22.7 Å². The highest BCUT2D eigenvalue weighted by molar-refractivity contribution is 6.34. The molecule has 5 nitrogen and oxygen atoms in total. The number of hydrogen-bond acceptors (Lipinski definition) is 4. The van der Waals surface area contributed by atoms with Crippen molar-refractivity contribution in [3.8, 4) is 0 Å². The van der Waals surface area contributed by atoms with Crippen LogP contribution in [0.15, 0.2) is 12.1 Å². The van der Waals surface area contributed by atoms with E-state index in [-0.39, 0.29) is 5.56 Å². The quantitative estimate of drug-likeness (QED) is 0.737. The Bertz CT molecular complexity index is 493. The van der Waals surface area contributed by atoms with Gasteiger partial charge in [-0.25, -0.2) is 4.79 Å². The number of nitrogens with two attached hydrogens (primary N) is 1. The molecule has 1 aliphatic rings. The van der Waals surface area contributed by atoms with Gasteiger partial charge in [-0.05, 0) is 38.1 Å². The molecular formula is C13H18ClN3O2. The van der Waals surface area contributed by atoms with Crippen LogP contribution in [0, 0.1) is 5.92 Å². The second kappa shape index (κ2) is 5.67. The summed E-state index contributed by atoms with van der Waals surface area (Å²) in [5, 5.41) is 12.7. The highest BCUT2D eigenvalue weighted by atomic mass is 35.5. The molecule has 1 aliphatic heterocycles. The Hall–Kier alpha value is -1.46. The topological polar surface area (TPSA) is 78.6 Å². The van der Waals surface area contributed by atoms with E-state index in [2.05, 4.69) is 17.3 Å². The van der Waals surface area contributed by atoms with Crippen molar-refractivity contribution in [3.63, 3.8) is 0 Å². The number of likely N-dealkylation sites (tertiary alicyclic amines) is 1. The van der Waals surface area contributed by atoms with E-state index < -0.39 is 5.97 Å². The van der Waals surface area contributed by atoms with Crippen LogP contribution in [0.4, 0.5) is 11.4 Å². The average molecular weight is 284 g/mol. The van der Waals surface area contributed by atoms with Crippen LogP contribution >= 0.6 is 11.6 Å². The van der Waals surface area contributed by atoms with Crippen molar-refractivity contribution in [1.82, 2.24) is 4.90 Å². The van der Waals surface area contributed by atoms with Gasteiger partial charge in [-0.2, -0.15) is 0 Å². The lowest BCUT2D eigenvalue weighted by molar-refractivity contribution is 0.0698. The van der Waals surface area contributed by atoms with Gasteiger partial charge < -0.3 is 21.1 Å². The van der Waals surface area contributed by atoms with Crippen LogP contribution in [0.1, 0.15) is 16.8 Å². The van der Waals surface area contributed by atoms with E-state index in [0.29, 0.717) is 28.9 Å². The van der Waals surface area contributed by atoms with Crippen LogP contribution in [0.3, 0.4) is 0 Å². The third kappa shape index (κ3) is 3.30. The number of hydrogen-bond donors (Lipinski definition) is 3. The van der Waals surface area contributed by atoms with Crippen LogP contribution < -0.4 is 11.1 Å². The van der Waals surface area contributed by atoms with E-state index in [9.17, 15) is 9.90 Å². The molecule has 1 unspecified atom stereocenters. The number of halogens is 1. The third-order valence-corrected chi connectivity index (χ3v) is 3.70. The lowest BCUT2D eigenvalue weighted by Gasteiger charge is -2.16. The van der Waals surface area contributed by atoms with Crippen molar-refractivity contribution in [2.75, 3.05) is 37.7 Å². The summed E-state index contributed by atoms with van der Waals surface area (Å²) < 4.78 is 0. The smallest absolute Gasteiger partial charge is 0.337 e. The normalized spacial score (nSPS) is 19.6. The van der Waals surface area contributed by atoms with Crippen molar-refractivity contribution < 1.29 is 9.90 Å². The predicted octanol–water partition coefficient (Wildman–Crippen LogP) is 1.98. The van der Waals surface area contributed by atoms with Crippen molar-refractivity contribution >= 4 is 28.9 Å². The molecule has 0 aliphatic carbocycles. The van der Waals surface area contributed by atoms with Crippen LogP contribution in [-0.2, 0) is 0 Å². The van der Waals surface area contributed by atoms with Gasteiger partial charge in [0.2, 0.25) is 0 Å². The summed E-state index contributed by atoms with van der Waals surface area (Å²) in [5.74, 6) is -0.513. The van der Waals surface area contributed by atoms with E-state index in [0.717, 1.165) is 19.5 Å². The first kappa shape index (κ1) is 14.0. The molecule has 1 atom stereocenters. The molecule has 1 saturated heterocycles. The van der Waals surface area contributed by atoms with E-state index in [1.165, 1.54) is 6.07 Å². The molecule has 4 N–H and O–H groups in total. The monoisotopic (exact) mass is 283 g/mol. The third-order valence-electron chi connectivity index (χ3n) is 3.40. The van der Waals surface area contributed by atoms with Gasteiger partial charge in [0.25, 0.3) is 0 Å². The van der Waals surface area contributed by atoms with Gasteiger partial charge in [0.1, 0.15) is 0 Å².